The van der Waals surface area contributed by atoms with Gasteiger partial charge in [0.05, 0.1) is 5.69 Å². The fourth-order valence-corrected chi connectivity index (χ4v) is 3.09. The highest BCUT2D eigenvalue weighted by molar-refractivity contribution is 5.63. The van der Waals surface area contributed by atoms with E-state index in [1.54, 1.807) is 12.4 Å². The highest BCUT2D eigenvalue weighted by atomic mass is 15.3. The van der Waals surface area contributed by atoms with Crippen molar-refractivity contribution in [1.82, 2.24) is 24.7 Å². The van der Waals surface area contributed by atoms with Crippen molar-refractivity contribution >= 4 is 5.82 Å². The first-order valence-electron chi connectivity index (χ1n) is 9.33. The fourth-order valence-electron chi connectivity index (χ4n) is 3.09. The van der Waals surface area contributed by atoms with Gasteiger partial charge in [0.1, 0.15) is 5.82 Å². The third-order valence-corrected chi connectivity index (χ3v) is 4.49. The van der Waals surface area contributed by atoms with Crippen molar-refractivity contribution in [3.05, 3.63) is 78.4 Å². The summed E-state index contributed by atoms with van der Waals surface area (Å²) in [5, 5.41) is 8.08. The Bertz CT molecular complexity index is 1060. The van der Waals surface area contributed by atoms with Gasteiger partial charge in [0.15, 0.2) is 5.82 Å². The van der Waals surface area contributed by atoms with Crippen LogP contribution in [-0.2, 0) is 20.0 Å². The quantitative estimate of drug-likeness (QED) is 0.553. The van der Waals surface area contributed by atoms with Crippen molar-refractivity contribution < 1.29 is 0 Å². The lowest BCUT2D eigenvalue weighted by Gasteiger charge is -2.10. The van der Waals surface area contributed by atoms with Gasteiger partial charge in [0, 0.05) is 60.6 Å². The summed E-state index contributed by atoms with van der Waals surface area (Å²) in [6, 6.07) is 16.1. The van der Waals surface area contributed by atoms with Crippen LogP contribution in [-0.4, -0.2) is 24.7 Å². The monoisotopic (exact) mass is 370 g/mol. The Morgan fingerprint density at radius 2 is 1.75 bits per heavy atom. The van der Waals surface area contributed by atoms with Crippen LogP contribution in [0.5, 0.6) is 0 Å². The highest BCUT2D eigenvalue weighted by Crippen LogP contribution is 2.23. The van der Waals surface area contributed by atoms with Gasteiger partial charge in [-0.15, -0.1) is 0 Å². The summed E-state index contributed by atoms with van der Waals surface area (Å²) in [6.07, 6.45) is 6.40. The average molecular weight is 370 g/mol. The molecule has 4 rings (SSSR count). The van der Waals surface area contributed by atoms with Crippen LogP contribution in [0.25, 0.3) is 22.6 Å². The van der Waals surface area contributed by atoms with Crippen LogP contribution in [0.4, 0.5) is 5.82 Å². The number of aryl methyl sites for hydroxylation is 2. The maximum Gasteiger partial charge on any atom is 0.161 e. The Morgan fingerprint density at radius 3 is 2.50 bits per heavy atom. The van der Waals surface area contributed by atoms with Crippen molar-refractivity contribution in [2.45, 2.75) is 19.9 Å². The van der Waals surface area contributed by atoms with Gasteiger partial charge in [-0.2, -0.15) is 5.10 Å². The highest BCUT2D eigenvalue weighted by Gasteiger charge is 2.11. The van der Waals surface area contributed by atoms with E-state index < -0.39 is 0 Å². The second-order valence-corrected chi connectivity index (χ2v) is 6.55. The standard InChI is InChI=1S/C22H22N6/c1-3-19-13-20(26-22(25-19)17-9-11-23-12-10-17)24-14-18-15-28(2)27-21(18)16-7-5-4-6-8-16/h4-13,15H,3,14H2,1-2H3,(H,24,25,26). The number of pyridine rings is 1. The zero-order valence-electron chi connectivity index (χ0n) is 16.0. The summed E-state index contributed by atoms with van der Waals surface area (Å²) < 4.78 is 1.85. The molecule has 1 aromatic carbocycles. The van der Waals surface area contributed by atoms with E-state index in [1.165, 1.54) is 0 Å². The lowest BCUT2D eigenvalue weighted by atomic mass is 10.1. The molecule has 0 unspecified atom stereocenters. The lowest BCUT2D eigenvalue weighted by Crippen LogP contribution is -2.05. The molecule has 3 aromatic heterocycles. The first-order valence-corrected chi connectivity index (χ1v) is 9.33. The van der Waals surface area contributed by atoms with Gasteiger partial charge in [0.2, 0.25) is 0 Å². The van der Waals surface area contributed by atoms with E-state index in [0.29, 0.717) is 12.4 Å². The SMILES string of the molecule is CCc1cc(NCc2cn(C)nc2-c2ccccc2)nc(-c2ccncc2)n1. The molecular weight excluding hydrogens is 348 g/mol. The number of hydrogen-bond donors (Lipinski definition) is 1. The fraction of sp³-hybridized carbons (Fsp3) is 0.182. The minimum absolute atomic E-state index is 0.633. The minimum Gasteiger partial charge on any atom is -0.366 e. The Kier molecular flexibility index (Phi) is 5.10. The smallest absolute Gasteiger partial charge is 0.161 e. The van der Waals surface area contributed by atoms with E-state index in [2.05, 4.69) is 39.4 Å². The molecule has 0 spiro atoms. The largest absolute Gasteiger partial charge is 0.366 e. The average Bonchev–Trinajstić information content (AvgIpc) is 3.14. The van der Waals surface area contributed by atoms with Crippen molar-refractivity contribution in [3.8, 4) is 22.6 Å². The molecule has 0 fully saturated rings. The van der Waals surface area contributed by atoms with Crippen molar-refractivity contribution in [3.63, 3.8) is 0 Å². The predicted octanol–water partition coefficient (Wildman–Crippen LogP) is 4.11. The molecule has 0 atom stereocenters. The zero-order chi connectivity index (χ0) is 19.3. The molecule has 0 aliphatic carbocycles. The van der Waals surface area contributed by atoms with Gasteiger partial charge >= 0.3 is 0 Å². The van der Waals surface area contributed by atoms with Gasteiger partial charge in [-0.1, -0.05) is 37.3 Å². The molecule has 0 amide bonds. The first kappa shape index (κ1) is 17.9. The van der Waals surface area contributed by atoms with Crippen LogP contribution < -0.4 is 5.32 Å². The summed E-state index contributed by atoms with van der Waals surface area (Å²) in [6.45, 7) is 2.73. The third-order valence-electron chi connectivity index (χ3n) is 4.49. The van der Waals surface area contributed by atoms with E-state index in [-0.39, 0.29) is 0 Å². The molecule has 0 aliphatic heterocycles. The number of nitrogens with zero attached hydrogens (tertiary/aromatic N) is 5. The molecule has 1 N–H and O–H groups in total. The molecule has 140 valence electrons. The summed E-state index contributed by atoms with van der Waals surface area (Å²) in [7, 11) is 1.94. The number of nitrogens with one attached hydrogen (secondary N) is 1. The molecule has 6 heteroatoms. The topological polar surface area (TPSA) is 68.5 Å². The number of aromatic nitrogens is 5. The summed E-state index contributed by atoms with van der Waals surface area (Å²) in [5.74, 6) is 1.51. The third kappa shape index (κ3) is 3.91. The van der Waals surface area contributed by atoms with Gasteiger partial charge in [0.25, 0.3) is 0 Å². The van der Waals surface area contributed by atoms with Gasteiger partial charge in [-0.3, -0.25) is 9.67 Å². The molecule has 28 heavy (non-hydrogen) atoms. The zero-order valence-corrected chi connectivity index (χ0v) is 16.0. The van der Waals surface area contributed by atoms with E-state index >= 15 is 0 Å². The van der Waals surface area contributed by atoms with Gasteiger partial charge in [-0.05, 0) is 18.6 Å². The Hall–Kier alpha value is -3.54. The molecule has 0 saturated carbocycles. The Labute approximate surface area is 164 Å². The van der Waals surface area contributed by atoms with Gasteiger partial charge in [-0.25, -0.2) is 9.97 Å². The van der Waals surface area contributed by atoms with E-state index in [9.17, 15) is 0 Å². The first-order chi connectivity index (χ1) is 13.7. The minimum atomic E-state index is 0.633. The van der Waals surface area contributed by atoms with Crippen LogP contribution in [0.15, 0.2) is 67.1 Å². The summed E-state index contributed by atoms with van der Waals surface area (Å²) in [4.78, 5) is 13.4. The Morgan fingerprint density at radius 1 is 0.964 bits per heavy atom. The molecule has 0 bridgehead atoms. The maximum absolute atomic E-state index is 4.70. The second kappa shape index (κ2) is 8.00. The van der Waals surface area contributed by atoms with Crippen LogP contribution in [0.2, 0.25) is 0 Å². The molecule has 0 saturated heterocycles. The van der Waals surface area contributed by atoms with Crippen LogP contribution in [0, 0.1) is 0 Å². The van der Waals surface area contributed by atoms with Gasteiger partial charge < -0.3 is 5.32 Å². The molecule has 4 aromatic rings. The summed E-state index contributed by atoms with van der Waals surface area (Å²) >= 11 is 0. The van der Waals surface area contributed by atoms with Crippen molar-refractivity contribution in [2.24, 2.45) is 7.05 Å². The second-order valence-electron chi connectivity index (χ2n) is 6.55. The van der Waals surface area contributed by atoms with Crippen LogP contribution in [0.1, 0.15) is 18.2 Å². The molecule has 0 aliphatic rings. The normalized spacial score (nSPS) is 10.8. The number of benzene rings is 1. The predicted molar refractivity (Wildman–Crippen MR) is 111 cm³/mol. The van der Waals surface area contributed by atoms with E-state index in [4.69, 9.17) is 4.98 Å². The summed E-state index contributed by atoms with van der Waals surface area (Å²) in [5.41, 5.74) is 5.17. The number of hydrogen-bond acceptors (Lipinski definition) is 5. The molecular formula is C22H22N6. The Balaban J connectivity index is 1.61. The van der Waals surface area contributed by atoms with Crippen LogP contribution in [0.3, 0.4) is 0 Å². The molecule has 0 radical (unpaired) electrons. The molecule has 6 nitrogen and oxygen atoms in total. The van der Waals surface area contributed by atoms with E-state index in [1.807, 2.05) is 54.3 Å². The van der Waals surface area contributed by atoms with Crippen molar-refractivity contribution in [2.75, 3.05) is 5.32 Å². The number of rotatable bonds is 6. The molecule has 3 heterocycles. The number of anilines is 1. The van der Waals surface area contributed by atoms with Crippen molar-refractivity contribution in [1.29, 1.82) is 0 Å². The maximum atomic E-state index is 4.70. The lowest BCUT2D eigenvalue weighted by molar-refractivity contribution is 0.770. The van der Waals surface area contributed by atoms with Crippen LogP contribution >= 0.6 is 0 Å². The van der Waals surface area contributed by atoms with E-state index in [0.717, 1.165) is 40.3 Å².